The predicted molar refractivity (Wildman–Crippen MR) is 194 cm³/mol. The molecule has 1 aliphatic carbocycles. The van der Waals surface area contributed by atoms with E-state index >= 15 is 0 Å². The fraction of sp³-hybridized carbons (Fsp3) is 0.526. The van der Waals surface area contributed by atoms with Crippen LogP contribution in [-0.2, 0) is 17.8 Å². The SMILES string of the molecule is CN(C)C/C=C/C(=O)N1CCN(c2nc(OCC3(CN4CCCC4)CC3)nc3c2CCN(c2cccc4cccc(Cl)c24)C3)C[C@@H]1CC#N. The van der Waals surface area contributed by atoms with Crippen molar-refractivity contribution in [1.82, 2.24) is 24.7 Å². The Hall–Kier alpha value is -3.91. The molecule has 3 fully saturated rings. The number of nitrogens with zero attached hydrogens (tertiary/aromatic N) is 8. The molecule has 2 aromatic carbocycles. The van der Waals surface area contributed by atoms with E-state index in [0.717, 1.165) is 58.1 Å². The average Bonchev–Trinajstić information content (AvgIpc) is 3.67. The first-order chi connectivity index (χ1) is 23.8. The summed E-state index contributed by atoms with van der Waals surface area (Å²) in [6.07, 6.45) is 9.46. The summed E-state index contributed by atoms with van der Waals surface area (Å²) < 4.78 is 6.52. The highest BCUT2D eigenvalue weighted by Gasteiger charge is 2.45. The molecule has 0 bridgehead atoms. The second-order valence-corrected chi connectivity index (χ2v) is 14.9. The minimum absolute atomic E-state index is 0.0485. The number of carbonyl (C=O) groups is 1. The summed E-state index contributed by atoms with van der Waals surface area (Å²) in [7, 11) is 3.95. The van der Waals surface area contributed by atoms with E-state index in [1.807, 2.05) is 42.1 Å². The summed E-state index contributed by atoms with van der Waals surface area (Å²) in [5.74, 6) is 0.825. The molecule has 0 spiro atoms. The number of rotatable bonds is 11. The van der Waals surface area contributed by atoms with Gasteiger partial charge in [-0.05, 0) is 76.8 Å². The van der Waals surface area contributed by atoms with E-state index in [2.05, 4.69) is 45.0 Å². The Balaban J connectivity index is 1.17. The highest BCUT2D eigenvalue weighted by molar-refractivity contribution is 6.36. The van der Waals surface area contributed by atoms with E-state index in [4.69, 9.17) is 26.3 Å². The highest BCUT2D eigenvalue weighted by atomic mass is 35.5. The van der Waals surface area contributed by atoms with Gasteiger partial charge in [0.1, 0.15) is 5.82 Å². The molecule has 11 heteroatoms. The van der Waals surface area contributed by atoms with Gasteiger partial charge in [0.05, 0.1) is 42.4 Å². The van der Waals surface area contributed by atoms with Gasteiger partial charge < -0.3 is 29.2 Å². The van der Waals surface area contributed by atoms with Crippen LogP contribution < -0.4 is 14.5 Å². The van der Waals surface area contributed by atoms with Crippen molar-refractivity contribution in [1.29, 1.82) is 5.26 Å². The lowest BCUT2D eigenvalue weighted by Gasteiger charge is -2.42. The zero-order valence-electron chi connectivity index (χ0n) is 28.8. The van der Waals surface area contributed by atoms with E-state index in [9.17, 15) is 10.1 Å². The molecule has 1 atom stereocenters. The topological polar surface area (TPSA) is 92.1 Å². The predicted octanol–water partition coefficient (Wildman–Crippen LogP) is 5.15. The number of fused-ring (bicyclic) bond motifs is 2. The van der Waals surface area contributed by atoms with Crippen molar-refractivity contribution in [3.63, 3.8) is 0 Å². The molecule has 1 saturated carbocycles. The molecule has 1 amide bonds. The van der Waals surface area contributed by atoms with Gasteiger partial charge in [-0.1, -0.05) is 41.9 Å². The van der Waals surface area contributed by atoms with Gasteiger partial charge in [-0.2, -0.15) is 15.2 Å². The number of carbonyl (C=O) groups excluding carboxylic acids is 1. The van der Waals surface area contributed by atoms with E-state index in [1.165, 1.54) is 38.8 Å². The molecular formula is C38H47ClN8O2. The number of anilines is 2. The Labute approximate surface area is 294 Å². The third kappa shape index (κ3) is 7.49. The Morgan fingerprint density at radius 1 is 1.08 bits per heavy atom. The smallest absolute Gasteiger partial charge is 0.318 e. The quantitative estimate of drug-likeness (QED) is 0.255. The number of benzene rings is 2. The molecule has 3 aliphatic heterocycles. The van der Waals surface area contributed by atoms with Gasteiger partial charge >= 0.3 is 6.01 Å². The summed E-state index contributed by atoms with van der Waals surface area (Å²) in [6, 6.07) is 14.9. The van der Waals surface area contributed by atoms with Crippen LogP contribution in [0.5, 0.6) is 6.01 Å². The van der Waals surface area contributed by atoms with Crippen LogP contribution in [0.1, 0.15) is 43.4 Å². The van der Waals surface area contributed by atoms with E-state index < -0.39 is 0 Å². The number of piperazine rings is 1. The highest BCUT2D eigenvalue weighted by Crippen LogP contribution is 2.47. The summed E-state index contributed by atoms with van der Waals surface area (Å²) in [6.45, 7) is 7.82. The van der Waals surface area contributed by atoms with Crippen molar-refractivity contribution in [2.24, 2.45) is 5.41 Å². The monoisotopic (exact) mass is 682 g/mol. The van der Waals surface area contributed by atoms with Gasteiger partial charge in [0.2, 0.25) is 5.91 Å². The lowest BCUT2D eigenvalue weighted by atomic mass is 10.0. The molecule has 4 heterocycles. The first-order valence-electron chi connectivity index (χ1n) is 17.7. The molecule has 49 heavy (non-hydrogen) atoms. The van der Waals surface area contributed by atoms with E-state index in [0.29, 0.717) is 45.3 Å². The number of likely N-dealkylation sites (tertiary alicyclic amines) is 1. The van der Waals surface area contributed by atoms with Crippen molar-refractivity contribution < 1.29 is 9.53 Å². The van der Waals surface area contributed by atoms with Crippen LogP contribution >= 0.6 is 11.6 Å². The second-order valence-electron chi connectivity index (χ2n) is 14.5. The third-order valence-electron chi connectivity index (χ3n) is 10.5. The standard InChI is InChI=1S/C38H47ClN8O2/c1-43(2)18-7-12-34(48)47-23-22-46(24-29(47)13-17-40)36-30-14-21-45(33-11-6-9-28-8-5-10-31(39)35(28)33)25-32(30)41-37(42-36)49-27-38(15-16-38)26-44-19-3-4-20-44/h5-12,29H,3-4,13-16,18-27H2,1-2H3/b12-7+/t29-/m0/s1. The number of aromatic nitrogens is 2. The van der Waals surface area contributed by atoms with Gasteiger partial charge in [-0.3, -0.25) is 4.79 Å². The van der Waals surface area contributed by atoms with Crippen LogP contribution in [0.2, 0.25) is 5.02 Å². The van der Waals surface area contributed by atoms with Gasteiger partial charge in [-0.25, -0.2) is 0 Å². The van der Waals surface area contributed by atoms with Crippen LogP contribution in [0.4, 0.5) is 11.5 Å². The fourth-order valence-corrected chi connectivity index (χ4v) is 7.97. The van der Waals surface area contributed by atoms with Crippen LogP contribution in [0, 0.1) is 16.7 Å². The Morgan fingerprint density at radius 3 is 2.63 bits per heavy atom. The van der Waals surface area contributed by atoms with Gasteiger partial charge in [0.25, 0.3) is 0 Å². The molecule has 3 aromatic rings. The zero-order chi connectivity index (χ0) is 34.0. The van der Waals surface area contributed by atoms with E-state index in [1.54, 1.807) is 6.08 Å². The maximum absolute atomic E-state index is 13.2. The molecule has 2 saturated heterocycles. The Bertz CT molecular complexity index is 1740. The minimum atomic E-state index is -0.238. The Kier molecular flexibility index (Phi) is 9.95. The normalized spacial score (nSPS) is 20.6. The molecule has 4 aliphatic rings. The van der Waals surface area contributed by atoms with Crippen LogP contribution in [-0.4, -0.2) is 110 Å². The summed E-state index contributed by atoms with van der Waals surface area (Å²) >= 11 is 6.76. The lowest BCUT2D eigenvalue weighted by Crippen LogP contribution is -2.55. The van der Waals surface area contributed by atoms with Crippen LogP contribution in [0.15, 0.2) is 48.6 Å². The van der Waals surface area contributed by atoms with Crippen molar-refractivity contribution in [3.05, 3.63) is 64.8 Å². The molecule has 7 rings (SSSR count). The van der Waals surface area contributed by atoms with Crippen molar-refractivity contribution in [2.75, 3.05) is 82.9 Å². The van der Waals surface area contributed by atoms with Gasteiger partial charge in [-0.15, -0.1) is 0 Å². The summed E-state index contributed by atoms with van der Waals surface area (Å²) in [5, 5.41) is 12.7. The van der Waals surface area contributed by atoms with Crippen molar-refractivity contribution in [2.45, 2.75) is 51.1 Å². The Morgan fingerprint density at radius 2 is 1.88 bits per heavy atom. The molecule has 0 unspecified atom stereocenters. The van der Waals surface area contributed by atoms with Crippen molar-refractivity contribution in [3.8, 4) is 12.1 Å². The maximum atomic E-state index is 13.2. The number of hydrogen-bond acceptors (Lipinski definition) is 9. The van der Waals surface area contributed by atoms with Crippen molar-refractivity contribution >= 4 is 39.8 Å². The molecule has 10 nitrogen and oxygen atoms in total. The minimum Gasteiger partial charge on any atom is -0.463 e. The lowest BCUT2D eigenvalue weighted by molar-refractivity contribution is -0.128. The number of likely N-dealkylation sites (N-methyl/N-ethyl adjacent to an activating group) is 1. The van der Waals surface area contributed by atoms with E-state index in [-0.39, 0.29) is 23.8 Å². The maximum Gasteiger partial charge on any atom is 0.318 e. The molecular weight excluding hydrogens is 636 g/mol. The largest absolute Gasteiger partial charge is 0.463 e. The first kappa shape index (κ1) is 33.6. The first-order valence-corrected chi connectivity index (χ1v) is 18.1. The number of nitriles is 1. The average molecular weight is 683 g/mol. The van der Waals surface area contributed by atoms with Gasteiger partial charge in [0, 0.05) is 67.4 Å². The number of hydrogen-bond donors (Lipinski definition) is 0. The zero-order valence-corrected chi connectivity index (χ0v) is 29.5. The molecule has 1 aromatic heterocycles. The number of ether oxygens (including phenoxy) is 1. The summed E-state index contributed by atoms with van der Waals surface area (Å²) in [5.41, 5.74) is 3.36. The molecule has 258 valence electrons. The molecule has 0 radical (unpaired) electrons. The number of amides is 1. The molecule has 0 N–H and O–H groups in total. The third-order valence-corrected chi connectivity index (χ3v) is 10.9. The van der Waals surface area contributed by atoms with Crippen LogP contribution in [0.3, 0.4) is 0 Å². The van der Waals surface area contributed by atoms with Gasteiger partial charge in [0.15, 0.2) is 0 Å². The van der Waals surface area contributed by atoms with Crippen LogP contribution in [0.25, 0.3) is 10.8 Å². The number of halogens is 1. The fourth-order valence-electron chi connectivity index (χ4n) is 7.70. The second kappa shape index (κ2) is 14.5. The summed E-state index contributed by atoms with van der Waals surface area (Å²) in [4.78, 5) is 34.5.